The number of aromatic nitrogens is 2. The van der Waals surface area contributed by atoms with Crippen molar-refractivity contribution < 1.29 is 4.79 Å². The smallest absolute Gasteiger partial charge is 0.251 e. The topological polar surface area (TPSA) is 69.8 Å². The van der Waals surface area contributed by atoms with E-state index in [1.165, 1.54) is 5.56 Å². The summed E-state index contributed by atoms with van der Waals surface area (Å²) in [6.45, 7) is 12.9. The van der Waals surface area contributed by atoms with Crippen LogP contribution in [-0.2, 0) is 12.0 Å². The van der Waals surface area contributed by atoms with Gasteiger partial charge in [-0.1, -0.05) is 46.8 Å². The van der Waals surface area contributed by atoms with Crippen LogP contribution in [0.5, 0.6) is 0 Å². The van der Waals surface area contributed by atoms with Crippen molar-refractivity contribution in [1.29, 1.82) is 0 Å². The normalized spacial score (nSPS) is 14.3. The number of H-pyrrole nitrogens is 1. The second kappa shape index (κ2) is 8.30. The van der Waals surface area contributed by atoms with E-state index in [1.807, 2.05) is 44.3 Å². The Balaban J connectivity index is 0.00000109. The van der Waals surface area contributed by atoms with Gasteiger partial charge in [0, 0.05) is 36.5 Å². The molecule has 1 amide bonds. The molecule has 3 N–H and O–H groups in total. The van der Waals surface area contributed by atoms with Gasteiger partial charge in [-0.25, -0.2) is 4.98 Å². The van der Waals surface area contributed by atoms with Crippen molar-refractivity contribution in [3.8, 4) is 0 Å². The van der Waals surface area contributed by atoms with E-state index in [0.29, 0.717) is 18.0 Å². The molecule has 1 fully saturated rings. The summed E-state index contributed by atoms with van der Waals surface area (Å²) in [6.07, 6.45) is 1.87. The first-order valence-electron chi connectivity index (χ1n) is 9.07. The Morgan fingerprint density at radius 3 is 2.36 bits per heavy atom. The molecule has 0 unspecified atom stereocenters. The third-order valence-corrected chi connectivity index (χ3v) is 4.30. The summed E-state index contributed by atoms with van der Waals surface area (Å²) in [5.41, 5.74) is 3.13. The van der Waals surface area contributed by atoms with Gasteiger partial charge in [-0.05, 0) is 23.1 Å². The van der Waals surface area contributed by atoms with E-state index in [1.54, 1.807) is 0 Å². The molecule has 1 aromatic carbocycles. The lowest BCUT2D eigenvalue weighted by molar-refractivity contribution is 0.0950. The zero-order valence-corrected chi connectivity index (χ0v) is 15.9. The highest BCUT2D eigenvalue weighted by Gasteiger charge is 2.21. The van der Waals surface area contributed by atoms with Crippen molar-refractivity contribution in [2.45, 2.75) is 52.5 Å². The Morgan fingerprint density at radius 1 is 1.20 bits per heavy atom. The molecule has 0 radical (unpaired) electrons. The Bertz CT molecular complexity index is 678. The molecule has 1 aliphatic rings. The van der Waals surface area contributed by atoms with Crippen LogP contribution < -0.4 is 10.6 Å². The number of aromatic amines is 1. The van der Waals surface area contributed by atoms with Crippen LogP contribution in [0.4, 0.5) is 0 Å². The minimum Gasteiger partial charge on any atom is -0.345 e. The molecule has 5 nitrogen and oxygen atoms in total. The number of hydrogen-bond donors (Lipinski definition) is 3. The summed E-state index contributed by atoms with van der Waals surface area (Å²) >= 11 is 0. The van der Waals surface area contributed by atoms with Crippen LogP contribution in [-0.4, -0.2) is 29.0 Å². The summed E-state index contributed by atoms with van der Waals surface area (Å²) in [5, 5.41) is 6.15. The van der Waals surface area contributed by atoms with Gasteiger partial charge in [0.2, 0.25) is 0 Å². The number of nitrogens with one attached hydrogen (secondary N) is 3. The fraction of sp³-hybridized carbons (Fsp3) is 0.500. The molecule has 1 aromatic heterocycles. The summed E-state index contributed by atoms with van der Waals surface area (Å²) in [4.78, 5) is 19.8. The monoisotopic (exact) mass is 342 g/mol. The molecule has 25 heavy (non-hydrogen) atoms. The minimum atomic E-state index is -0.0753. The second-order valence-corrected chi connectivity index (χ2v) is 7.15. The largest absolute Gasteiger partial charge is 0.345 e. The number of carbonyl (C=O) groups is 1. The molecule has 2 aromatic rings. The Hall–Kier alpha value is -2.14. The number of amides is 1. The summed E-state index contributed by atoms with van der Waals surface area (Å²) < 4.78 is 0. The molecule has 1 saturated heterocycles. The molecule has 0 aliphatic carbocycles. The first-order chi connectivity index (χ1) is 11.9. The van der Waals surface area contributed by atoms with Crippen molar-refractivity contribution in [2.24, 2.45) is 0 Å². The predicted molar refractivity (Wildman–Crippen MR) is 102 cm³/mol. The highest BCUT2D eigenvalue weighted by atomic mass is 16.1. The minimum absolute atomic E-state index is 0.0753. The lowest BCUT2D eigenvalue weighted by Crippen LogP contribution is -2.40. The zero-order valence-electron chi connectivity index (χ0n) is 15.9. The molecule has 2 heterocycles. The number of rotatable bonds is 4. The Labute approximate surface area is 150 Å². The molecule has 1 aliphatic heterocycles. The van der Waals surface area contributed by atoms with E-state index in [-0.39, 0.29) is 11.3 Å². The first kappa shape index (κ1) is 19.2. The number of imidazole rings is 1. The molecular weight excluding hydrogens is 312 g/mol. The number of carbonyl (C=O) groups excluding carboxylic acids is 1. The zero-order chi connectivity index (χ0) is 18.4. The SMILES string of the molecule is CC.CC(C)(C)c1ccc(C(=O)NCc2ncc(C3CNC3)[nH]2)cc1. The van der Waals surface area contributed by atoms with Crippen LogP contribution in [0.15, 0.2) is 30.5 Å². The van der Waals surface area contributed by atoms with Gasteiger partial charge in [-0.2, -0.15) is 0 Å². The fourth-order valence-corrected chi connectivity index (χ4v) is 2.57. The molecule has 3 rings (SSSR count). The summed E-state index contributed by atoms with van der Waals surface area (Å²) in [5.74, 6) is 1.25. The maximum atomic E-state index is 12.2. The van der Waals surface area contributed by atoms with Gasteiger partial charge < -0.3 is 15.6 Å². The van der Waals surface area contributed by atoms with E-state index in [9.17, 15) is 4.79 Å². The molecule has 0 saturated carbocycles. The van der Waals surface area contributed by atoms with Gasteiger partial charge in [0.25, 0.3) is 5.91 Å². The van der Waals surface area contributed by atoms with Crippen LogP contribution in [0.3, 0.4) is 0 Å². The maximum Gasteiger partial charge on any atom is 0.251 e. The number of nitrogens with zero attached hydrogens (tertiary/aromatic N) is 1. The fourth-order valence-electron chi connectivity index (χ4n) is 2.57. The predicted octanol–water partition coefficient (Wildman–Crippen LogP) is 3.35. The Morgan fingerprint density at radius 2 is 1.84 bits per heavy atom. The number of benzene rings is 1. The lowest BCUT2D eigenvalue weighted by atomic mass is 9.87. The number of hydrogen-bond acceptors (Lipinski definition) is 3. The molecule has 0 atom stereocenters. The standard InChI is InChI=1S/C18H24N4O.C2H6/c1-18(2,3)14-6-4-12(5-7-14)17(23)21-11-16-20-10-15(22-16)13-8-19-9-13;1-2/h4-7,10,13,19H,8-9,11H2,1-3H3,(H,20,22)(H,21,23);1-2H3. The van der Waals surface area contributed by atoms with Gasteiger partial charge in [0.05, 0.1) is 6.54 Å². The summed E-state index contributed by atoms with van der Waals surface area (Å²) in [6, 6.07) is 7.79. The van der Waals surface area contributed by atoms with E-state index in [0.717, 1.165) is 24.6 Å². The molecule has 0 spiro atoms. The maximum absolute atomic E-state index is 12.2. The van der Waals surface area contributed by atoms with Crippen molar-refractivity contribution in [2.75, 3.05) is 13.1 Å². The van der Waals surface area contributed by atoms with Crippen molar-refractivity contribution >= 4 is 5.91 Å². The average Bonchev–Trinajstić information content (AvgIpc) is 3.00. The second-order valence-electron chi connectivity index (χ2n) is 7.15. The molecule has 0 bridgehead atoms. The summed E-state index contributed by atoms with van der Waals surface area (Å²) in [7, 11) is 0. The van der Waals surface area contributed by atoms with Gasteiger partial charge in [0.1, 0.15) is 5.82 Å². The van der Waals surface area contributed by atoms with Crippen LogP contribution in [0.25, 0.3) is 0 Å². The van der Waals surface area contributed by atoms with Gasteiger partial charge in [-0.3, -0.25) is 4.79 Å². The van der Waals surface area contributed by atoms with Crippen LogP contribution >= 0.6 is 0 Å². The highest BCUT2D eigenvalue weighted by molar-refractivity contribution is 5.94. The van der Waals surface area contributed by atoms with Crippen LogP contribution in [0.1, 0.15) is 68.0 Å². The van der Waals surface area contributed by atoms with Crippen LogP contribution in [0.2, 0.25) is 0 Å². The van der Waals surface area contributed by atoms with Crippen LogP contribution in [0, 0.1) is 0 Å². The molecule has 5 heteroatoms. The first-order valence-corrected chi connectivity index (χ1v) is 9.07. The third kappa shape index (κ3) is 4.92. The van der Waals surface area contributed by atoms with E-state index in [2.05, 4.69) is 41.4 Å². The third-order valence-electron chi connectivity index (χ3n) is 4.30. The van der Waals surface area contributed by atoms with Crippen molar-refractivity contribution in [3.05, 3.63) is 53.1 Å². The average molecular weight is 342 g/mol. The van der Waals surface area contributed by atoms with Gasteiger partial charge in [0.15, 0.2) is 0 Å². The van der Waals surface area contributed by atoms with Crippen molar-refractivity contribution in [1.82, 2.24) is 20.6 Å². The van der Waals surface area contributed by atoms with E-state index < -0.39 is 0 Å². The quantitative estimate of drug-likeness (QED) is 0.798. The lowest BCUT2D eigenvalue weighted by Gasteiger charge is -2.25. The molecule has 136 valence electrons. The van der Waals surface area contributed by atoms with Gasteiger partial charge >= 0.3 is 0 Å². The van der Waals surface area contributed by atoms with E-state index in [4.69, 9.17) is 0 Å². The Kier molecular flexibility index (Phi) is 6.37. The van der Waals surface area contributed by atoms with Crippen molar-refractivity contribution in [3.63, 3.8) is 0 Å². The highest BCUT2D eigenvalue weighted by Crippen LogP contribution is 2.22. The van der Waals surface area contributed by atoms with E-state index >= 15 is 0 Å². The molecular formula is C20H30N4O. The van der Waals surface area contributed by atoms with Gasteiger partial charge in [-0.15, -0.1) is 0 Å².